The highest BCUT2D eigenvalue weighted by Gasteiger charge is 2.27. The van der Waals surface area contributed by atoms with Crippen LogP contribution in [0.15, 0.2) is 70.5 Å². The Kier molecular flexibility index (Phi) is 4.88. The second kappa shape index (κ2) is 7.72. The van der Waals surface area contributed by atoms with E-state index in [0.717, 1.165) is 11.1 Å². The molecule has 1 aliphatic heterocycles. The first kappa shape index (κ1) is 19.6. The van der Waals surface area contributed by atoms with E-state index in [4.69, 9.17) is 28.2 Å². The number of hydrogen-bond donors (Lipinski definition) is 3. The lowest BCUT2D eigenvalue weighted by atomic mass is 10.00. The number of benzodiazepines with no additional fused rings is 1. The topological polar surface area (TPSA) is 90.1 Å². The summed E-state index contributed by atoms with van der Waals surface area (Å²) in [6.07, 6.45) is 0.347. The summed E-state index contributed by atoms with van der Waals surface area (Å²) in [4.78, 5) is 35.0. The summed E-state index contributed by atoms with van der Waals surface area (Å²) in [5, 5.41) is 4.08. The Labute approximate surface area is 186 Å². The fourth-order valence-electron chi connectivity index (χ4n) is 3.74. The van der Waals surface area contributed by atoms with E-state index in [1.807, 2.05) is 30.3 Å². The molecular formula is C23H16Cl2N4O2. The molecule has 5 rings (SSSR count). The van der Waals surface area contributed by atoms with E-state index >= 15 is 0 Å². The number of hydrogen-bond acceptors (Lipinski definition) is 3. The van der Waals surface area contributed by atoms with Gasteiger partial charge in [0.15, 0.2) is 0 Å². The van der Waals surface area contributed by atoms with Gasteiger partial charge >= 0.3 is 5.69 Å². The summed E-state index contributed by atoms with van der Waals surface area (Å²) in [7, 11) is 0. The predicted octanol–water partition coefficient (Wildman–Crippen LogP) is 4.56. The van der Waals surface area contributed by atoms with Gasteiger partial charge in [0.1, 0.15) is 6.04 Å². The largest absolute Gasteiger partial charge is 0.324 e. The number of H-pyrrole nitrogens is 2. The van der Waals surface area contributed by atoms with Crippen LogP contribution in [-0.2, 0) is 11.2 Å². The Hall–Kier alpha value is -3.35. The van der Waals surface area contributed by atoms with E-state index in [9.17, 15) is 9.59 Å². The van der Waals surface area contributed by atoms with Crippen LogP contribution < -0.4 is 11.0 Å². The third kappa shape index (κ3) is 3.76. The van der Waals surface area contributed by atoms with E-state index in [1.54, 1.807) is 30.3 Å². The van der Waals surface area contributed by atoms with Gasteiger partial charge in [-0.2, -0.15) is 0 Å². The molecule has 0 spiro atoms. The molecular weight excluding hydrogens is 435 g/mol. The monoisotopic (exact) mass is 450 g/mol. The van der Waals surface area contributed by atoms with Crippen LogP contribution in [0, 0.1) is 0 Å². The van der Waals surface area contributed by atoms with Crippen molar-refractivity contribution in [3.63, 3.8) is 0 Å². The minimum absolute atomic E-state index is 0.227. The van der Waals surface area contributed by atoms with Crippen LogP contribution in [0.25, 0.3) is 11.0 Å². The Bertz CT molecular complexity index is 1420. The van der Waals surface area contributed by atoms with Crippen LogP contribution in [0.4, 0.5) is 5.69 Å². The SMILES string of the molecule is O=C1Nc2ccc(Cl)cc2C(c2ccc3[nH]c(=O)[nH]c3c2)=NC1Cc1ccccc1Cl. The lowest BCUT2D eigenvalue weighted by molar-refractivity contribution is -0.117. The molecule has 3 N–H and O–H groups in total. The summed E-state index contributed by atoms with van der Waals surface area (Å²) < 4.78 is 0. The fourth-order valence-corrected chi connectivity index (χ4v) is 4.13. The summed E-state index contributed by atoms with van der Waals surface area (Å²) in [5.74, 6) is -0.227. The molecule has 0 fully saturated rings. The zero-order chi connectivity index (χ0) is 21.5. The van der Waals surface area contributed by atoms with Crippen LogP contribution >= 0.6 is 23.2 Å². The molecule has 6 nitrogen and oxygen atoms in total. The van der Waals surface area contributed by atoms with Crippen molar-refractivity contribution in [3.05, 3.63) is 97.9 Å². The third-order valence-electron chi connectivity index (χ3n) is 5.24. The van der Waals surface area contributed by atoms with Crippen molar-refractivity contribution >= 4 is 51.5 Å². The van der Waals surface area contributed by atoms with Gasteiger partial charge in [0.05, 0.1) is 22.4 Å². The zero-order valence-electron chi connectivity index (χ0n) is 16.1. The van der Waals surface area contributed by atoms with Gasteiger partial charge < -0.3 is 15.3 Å². The van der Waals surface area contributed by atoms with Gasteiger partial charge in [0.25, 0.3) is 0 Å². The number of aromatic amines is 2. The number of benzene rings is 3. The normalized spacial score (nSPS) is 15.9. The Balaban J connectivity index is 1.67. The smallest absolute Gasteiger partial charge is 0.323 e. The summed E-state index contributed by atoms with van der Waals surface area (Å²) in [6, 6.07) is 17.5. The molecule has 1 amide bonds. The standard InChI is InChI=1S/C23H16Cl2N4O2/c24-14-6-8-17-15(11-14)21(13-5-7-18-19(10-13)29-23(31)28-18)26-20(22(30)27-17)9-12-3-1-2-4-16(12)25/h1-8,10-11,20H,9H2,(H,27,30)(H2,28,29,31). The summed E-state index contributed by atoms with van der Waals surface area (Å²) in [5.41, 5.74) is 4.59. The quantitative estimate of drug-likeness (QED) is 0.426. The first-order chi connectivity index (χ1) is 15.0. The molecule has 0 saturated heterocycles. The van der Waals surface area contributed by atoms with Crippen LogP contribution in [-0.4, -0.2) is 27.6 Å². The number of anilines is 1. The first-order valence-corrected chi connectivity index (χ1v) is 10.4. The van der Waals surface area contributed by atoms with Crippen molar-refractivity contribution in [1.82, 2.24) is 9.97 Å². The van der Waals surface area contributed by atoms with Crippen LogP contribution in [0.1, 0.15) is 16.7 Å². The number of nitrogens with one attached hydrogen (secondary N) is 3. The molecule has 2 heterocycles. The minimum atomic E-state index is -0.693. The van der Waals surface area contributed by atoms with E-state index in [2.05, 4.69) is 15.3 Å². The van der Waals surface area contributed by atoms with E-state index in [0.29, 0.717) is 44.5 Å². The van der Waals surface area contributed by atoms with Crippen molar-refractivity contribution < 1.29 is 4.79 Å². The molecule has 1 unspecified atom stereocenters. The Morgan fingerprint density at radius 3 is 2.55 bits per heavy atom. The lowest BCUT2D eigenvalue weighted by Crippen LogP contribution is -2.27. The molecule has 1 aliphatic rings. The molecule has 31 heavy (non-hydrogen) atoms. The van der Waals surface area contributed by atoms with Gasteiger partial charge in [0, 0.05) is 27.6 Å². The van der Waals surface area contributed by atoms with Gasteiger partial charge in [0.2, 0.25) is 5.91 Å². The summed E-state index contributed by atoms with van der Waals surface area (Å²) in [6.45, 7) is 0. The van der Waals surface area contributed by atoms with Crippen molar-refractivity contribution in [2.75, 3.05) is 5.32 Å². The Morgan fingerprint density at radius 1 is 0.903 bits per heavy atom. The second-order valence-corrected chi connectivity index (χ2v) is 8.15. The van der Waals surface area contributed by atoms with Crippen molar-refractivity contribution in [3.8, 4) is 0 Å². The number of aliphatic imine (C=N–C) groups is 1. The molecule has 0 radical (unpaired) electrons. The molecule has 154 valence electrons. The van der Waals surface area contributed by atoms with Crippen LogP contribution in [0.5, 0.6) is 0 Å². The highest BCUT2D eigenvalue weighted by atomic mass is 35.5. The van der Waals surface area contributed by atoms with Gasteiger partial charge in [-0.05, 0) is 42.0 Å². The molecule has 1 atom stereocenters. The molecule has 0 saturated carbocycles. The highest BCUT2D eigenvalue weighted by Crippen LogP contribution is 2.29. The number of halogens is 2. The van der Waals surface area contributed by atoms with Gasteiger partial charge in [-0.15, -0.1) is 0 Å². The average molecular weight is 451 g/mol. The molecule has 0 bridgehead atoms. The number of rotatable bonds is 3. The Morgan fingerprint density at radius 2 is 1.71 bits per heavy atom. The number of nitrogens with zero attached hydrogens (tertiary/aromatic N) is 1. The maximum absolute atomic E-state index is 13.0. The maximum atomic E-state index is 13.0. The van der Waals surface area contributed by atoms with Crippen molar-refractivity contribution in [2.24, 2.45) is 4.99 Å². The molecule has 1 aromatic heterocycles. The van der Waals surface area contributed by atoms with E-state index in [-0.39, 0.29) is 11.6 Å². The van der Waals surface area contributed by atoms with Crippen LogP contribution in [0.2, 0.25) is 10.0 Å². The average Bonchev–Trinajstić information content (AvgIpc) is 3.06. The third-order valence-corrected chi connectivity index (χ3v) is 5.85. The van der Waals surface area contributed by atoms with Gasteiger partial charge in [-0.1, -0.05) is 47.5 Å². The zero-order valence-corrected chi connectivity index (χ0v) is 17.6. The molecule has 0 aliphatic carbocycles. The number of aromatic nitrogens is 2. The number of fused-ring (bicyclic) bond motifs is 2. The summed E-state index contributed by atoms with van der Waals surface area (Å²) >= 11 is 12.6. The van der Waals surface area contributed by atoms with Crippen molar-refractivity contribution in [1.29, 1.82) is 0 Å². The number of amides is 1. The maximum Gasteiger partial charge on any atom is 0.323 e. The highest BCUT2D eigenvalue weighted by molar-refractivity contribution is 6.32. The number of carbonyl (C=O) groups is 1. The van der Waals surface area contributed by atoms with E-state index in [1.165, 1.54) is 0 Å². The minimum Gasteiger partial charge on any atom is -0.324 e. The van der Waals surface area contributed by atoms with Gasteiger partial charge in [-0.3, -0.25) is 9.79 Å². The lowest BCUT2D eigenvalue weighted by Gasteiger charge is -2.12. The molecule has 8 heteroatoms. The predicted molar refractivity (Wildman–Crippen MR) is 124 cm³/mol. The van der Waals surface area contributed by atoms with E-state index < -0.39 is 6.04 Å². The molecule has 3 aromatic carbocycles. The first-order valence-electron chi connectivity index (χ1n) is 9.62. The molecule has 4 aromatic rings. The second-order valence-electron chi connectivity index (χ2n) is 7.31. The fraction of sp³-hybridized carbons (Fsp3) is 0.0870. The van der Waals surface area contributed by atoms with Gasteiger partial charge in [-0.25, -0.2) is 4.79 Å². The number of imidazole rings is 1. The van der Waals surface area contributed by atoms with Crippen molar-refractivity contribution in [2.45, 2.75) is 12.5 Å². The number of carbonyl (C=O) groups excluding carboxylic acids is 1. The van der Waals surface area contributed by atoms with Crippen LogP contribution in [0.3, 0.4) is 0 Å².